The first kappa shape index (κ1) is 12.9. The van der Waals surface area contributed by atoms with E-state index >= 15 is 0 Å². The molecule has 94 valence electrons. The van der Waals surface area contributed by atoms with Crippen molar-refractivity contribution < 1.29 is 4.74 Å². The highest BCUT2D eigenvalue weighted by Gasteiger charge is 2.56. The Labute approximate surface area is 112 Å². The van der Waals surface area contributed by atoms with Gasteiger partial charge in [0.15, 0.2) is 10.9 Å². The van der Waals surface area contributed by atoms with E-state index in [0.29, 0.717) is 29.1 Å². The number of halogens is 2. The van der Waals surface area contributed by atoms with Crippen LogP contribution in [0, 0.1) is 5.92 Å². The molecule has 3 atom stereocenters. The highest BCUT2D eigenvalue weighted by Crippen LogP contribution is 2.51. The lowest BCUT2D eigenvalue weighted by Crippen LogP contribution is -2.36. The Morgan fingerprint density at radius 3 is 3.12 bits per heavy atom. The van der Waals surface area contributed by atoms with Gasteiger partial charge in [0, 0.05) is 17.8 Å². The number of hydrogen-bond acceptors (Lipinski definition) is 3. The molecule has 1 saturated carbocycles. The summed E-state index contributed by atoms with van der Waals surface area (Å²) >= 11 is 5.92. The fourth-order valence-corrected chi connectivity index (χ4v) is 2.79. The van der Waals surface area contributed by atoms with E-state index in [1.165, 1.54) is 12.8 Å². The fourth-order valence-electron chi connectivity index (χ4n) is 2.62. The van der Waals surface area contributed by atoms with Crippen molar-refractivity contribution in [3.63, 3.8) is 0 Å². The van der Waals surface area contributed by atoms with E-state index in [4.69, 9.17) is 16.3 Å². The van der Waals surface area contributed by atoms with Crippen LogP contribution in [0.15, 0.2) is 18.3 Å². The Kier molecular flexibility index (Phi) is 3.53. The zero-order valence-corrected chi connectivity index (χ0v) is 11.2. The van der Waals surface area contributed by atoms with Crippen LogP contribution in [-0.4, -0.2) is 23.2 Å². The molecular formula is C12H16Cl2N2O. The summed E-state index contributed by atoms with van der Waals surface area (Å²) in [7, 11) is 0. The van der Waals surface area contributed by atoms with Crippen molar-refractivity contribution >= 4 is 24.0 Å². The van der Waals surface area contributed by atoms with E-state index in [9.17, 15) is 0 Å². The van der Waals surface area contributed by atoms with Gasteiger partial charge >= 0.3 is 0 Å². The van der Waals surface area contributed by atoms with Gasteiger partial charge in [0.25, 0.3) is 0 Å². The summed E-state index contributed by atoms with van der Waals surface area (Å²) < 4.78 is 5.68. The second-order valence-corrected chi connectivity index (χ2v) is 5.36. The second-order valence-electron chi connectivity index (χ2n) is 5.00. The van der Waals surface area contributed by atoms with Crippen LogP contribution in [0.25, 0.3) is 0 Å². The molecule has 2 aliphatic rings. The summed E-state index contributed by atoms with van der Waals surface area (Å²) in [5.41, 5.74) is 0.396. The maximum Gasteiger partial charge on any atom is 0.171 e. The minimum Gasteiger partial charge on any atom is -0.489 e. The lowest BCUT2D eigenvalue weighted by atomic mass is 10.2. The molecule has 0 aromatic carbocycles. The van der Waals surface area contributed by atoms with Crippen LogP contribution in [0.5, 0.6) is 5.75 Å². The molecule has 2 heterocycles. The summed E-state index contributed by atoms with van der Waals surface area (Å²) in [5.74, 6) is 1.53. The Hall–Kier alpha value is -0.510. The molecule has 1 unspecified atom stereocenters. The van der Waals surface area contributed by atoms with Gasteiger partial charge in [-0.1, -0.05) is 11.6 Å². The van der Waals surface area contributed by atoms with Crippen LogP contribution in [0.2, 0.25) is 5.15 Å². The molecule has 0 amide bonds. The van der Waals surface area contributed by atoms with Crippen molar-refractivity contribution in [3.05, 3.63) is 23.5 Å². The quantitative estimate of drug-likeness (QED) is 0.861. The monoisotopic (exact) mass is 274 g/mol. The average Bonchev–Trinajstić information content (AvgIpc) is 2.77. The number of ether oxygens (including phenoxy) is 1. The van der Waals surface area contributed by atoms with Crippen LogP contribution in [0.4, 0.5) is 0 Å². The predicted molar refractivity (Wildman–Crippen MR) is 70.0 cm³/mol. The molecule has 0 bridgehead atoms. The largest absolute Gasteiger partial charge is 0.489 e. The highest BCUT2D eigenvalue weighted by molar-refractivity contribution is 6.30. The molecule has 3 nitrogen and oxygen atoms in total. The molecule has 0 spiro atoms. The molecule has 3 rings (SSSR count). The lowest BCUT2D eigenvalue weighted by molar-refractivity contribution is 0.261. The van der Waals surface area contributed by atoms with Crippen LogP contribution >= 0.6 is 24.0 Å². The molecule has 1 aliphatic heterocycles. The van der Waals surface area contributed by atoms with Gasteiger partial charge in [-0.15, -0.1) is 12.4 Å². The SMILES string of the molecule is C[C@@]12C[C@@H]1CC(COc1cccnc1Cl)N2.Cl. The molecule has 5 heteroatoms. The van der Waals surface area contributed by atoms with Gasteiger partial charge in [-0.2, -0.15) is 0 Å². The maximum atomic E-state index is 5.92. The third kappa shape index (κ3) is 2.51. The Bertz CT molecular complexity index is 415. The van der Waals surface area contributed by atoms with E-state index in [0.717, 1.165) is 5.92 Å². The van der Waals surface area contributed by atoms with Gasteiger partial charge in [0.1, 0.15) is 6.61 Å². The Morgan fingerprint density at radius 1 is 1.65 bits per heavy atom. The number of nitrogens with one attached hydrogen (secondary N) is 1. The van der Waals surface area contributed by atoms with Gasteiger partial charge < -0.3 is 10.1 Å². The van der Waals surface area contributed by atoms with Crippen molar-refractivity contribution in [3.8, 4) is 5.75 Å². The zero-order valence-electron chi connectivity index (χ0n) is 9.65. The van der Waals surface area contributed by atoms with Gasteiger partial charge in [-0.3, -0.25) is 0 Å². The van der Waals surface area contributed by atoms with Gasteiger partial charge in [0.2, 0.25) is 0 Å². The normalized spacial score (nSPS) is 33.8. The number of pyridine rings is 1. The fraction of sp³-hybridized carbons (Fsp3) is 0.583. The van der Waals surface area contributed by atoms with Crippen molar-refractivity contribution in [1.82, 2.24) is 10.3 Å². The smallest absolute Gasteiger partial charge is 0.171 e. The molecule has 1 aromatic heterocycles. The van der Waals surface area contributed by atoms with Crippen LogP contribution in [0.3, 0.4) is 0 Å². The summed E-state index contributed by atoms with van der Waals surface area (Å²) in [4.78, 5) is 3.98. The van der Waals surface area contributed by atoms with Crippen molar-refractivity contribution in [2.24, 2.45) is 5.92 Å². The third-order valence-corrected chi connectivity index (χ3v) is 3.96. The van der Waals surface area contributed by atoms with Crippen molar-refractivity contribution in [2.75, 3.05) is 6.61 Å². The minimum absolute atomic E-state index is 0. The van der Waals surface area contributed by atoms with E-state index in [1.807, 2.05) is 12.1 Å². The number of aromatic nitrogens is 1. The van der Waals surface area contributed by atoms with Crippen LogP contribution in [-0.2, 0) is 0 Å². The van der Waals surface area contributed by atoms with E-state index in [2.05, 4.69) is 17.2 Å². The zero-order chi connectivity index (χ0) is 11.2. The van der Waals surface area contributed by atoms with E-state index in [-0.39, 0.29) is 12.4 Å². The number of hydrogen-bond donors (Lipinski definition) is 1. The first-order valence-corrected chi connectivity index (χ1v) is 6.06. The number of nitrogens with zero attached hydrogens (tertiary/aromatic N) is 1. The summed E-state index contributed by atoms with van der Waals surface area (Å²) in [6, 6.07) is 4.15. The summed E-state index contributed by atoms with van der Waals surface area (Å²) in [6.07, 6.45) is 4.20. The Morgan fingerprint density at radius 2 is 2.47 bits per heavy atom. The standard InChI is InChI=1S/C12H15ClN2O.ClH/c1-12-6-8(12)5-9(15-12)7-16-10-3-2-4-14-11(10)13;/h2-4,8-9,15H,5-7H2,1H3;1H/t8-,9?,12+;/m0./s1. The number of piperidine rings is 1. The van der Waals surface area contributed by atoms with Gasteiger partial charge in [0.05, 0.1) is 0 Å². The lowest BCUT2D eigenvalue weighted by Gasteiger charge is -2.17. The third-order valence-electron chi connectivity index (χ3n) is 3.68. The highest BCUT2D eigenvalue weighted by atomic mass is 35.5. The molecule has 1 saturated heterocycles. The Balaban J connectivity index is 0.00000108. The number of rotatable bonds is 3. The molecule has 17 heavy (non-hydrogen) atoms. The maximum absolute atomic E-state index is 5.92. The molecule has 2 fully saturated rings. The van der Waals surface area contributed by atoms with Gasteiger partial charge in [-0.25, -0.2) is 4.98 Å². The summed E-state index contributed by atoms with van der Waals surface area (Å²) in [5, 5.41) is 4.05. The molecule has 1 aromatic rings. The minimum atomic E-state index is 0. The van der Waals surface area contributed by atoms with Crippen molar-refractivity contribution in [2.45, 2.75) is 31.3 Å². The molecule has 1 N–H and O–H groups in total. The van der Waals surface area contributed by atoms with Gasteiger partial charge in [-0.05, 0) is 37.8 Å². The average molecular weight is 275 g/mol. The second kappa shape index (κ2) is 4.63. The van der Waals surface area contributed by atoms with Crippen molar-refractivity contribution in [1.29, 1.82) is 0 Å². The van der Waals surface area contributed by atoms with E-state index < -0.39 is 0 Å². The van der Waals surface area contributed by atoms with Crippen LogP contribution < -0.4 is 10.1 Å². The molecule has 1 aliphatic carbocycles. The molecular weight excluding hydrogens is 259 g/mol. The first-order valence-electron chi connectivity index (χ1n) is 5.68. The number of fused-ring (bicyclic) bond motifs is 1. The first-order chi connectivity index (χ1) is 7.67. The summed E-state index contributed by atoms with van der Waals surface area (Å²) in [6.45, 7) is 2.96. The predicted octanol–water partition coefficient (Wildman–Crippen LogP) is 2.68. The topological polar surface area (TPSA) is 34.1 Å². The van der Waals surface area contributed by atoms with Crippen LogP contribution in [0.1, 0.15) is 19.8 Å². The van der Waals surface area contributed by atoms with E-state index in [1.54, 1.807) is 6.20 Å². The molecule has 0 radical (unpaired) electrons.